The van der Waals surface area contributed by atoms with Gasteiger partial charge < -0.3 is 14.4 Å². The predicted molar refractivity (Wildman–Crippen MR) is 93.3 cm³/mol. The molecular weight excluding hydrogens is 318 g/mol. The van der Waals surface area contributed by atoms with Gasteiger partial charge >= 0.3 is 5.97 Å². The lowest BCUT2D eigenvalue weighted by Gasteiger charge is -2.29. The average Bonchev–Trinajstić information content (AvgIpc) is 2.79. The summed E-state index contributed by atoms with van der Waals surface area (Å²) >= 11 is 0. The summed E-state index contributed by atoms with van der Waals surface area (Å²) < 4.78 is 10.8. The van der Waals surface area contributed by atoms with Gasteiger partial charge in [0.2, 0.25) is 5.78 Å². The van der Waals surface area contributed by atoms with Crippen LogP contribution >= 0.6 is 0 Å². The van der Waals surface area contributed by atoms with Crippen molar-refractivity contribution in [1.29, 1.82) is 0 Å². The lowest BCUT2D eigenvalue weighted by Crippen LogP contribution is -3.17. The van der Waals surface area contributed by atoms with Crippen LogP contribution in [0, 0.1) is 5.92 Å². The van der Waals surface area contributed by atoms with Gasteiger partial charge in [-0.05, 0) is 45.1 Å². The first-order chi connectivity index (χ1) is 11.8. The number of hydrogen-bond donors (Lipinski definition) is 1. The normalized spacial score (nSPS) is 28.1. The van der Waals surface area contributed by atoms with Gasteiger partial charge in [-0.2, -0.15) is 0 Å². The number of ketones is 1. The van der Waals surface area contributed by atoms with E-state index >= 15 is 0 Å². The second-order valence-electron chi connectivity index (χ2n) is 7.82. The molecule has 1 unspecified atom stereocenters. The highest BCUT2D eigenvalue weighted by molar-refractivity contribution is 5.97. The third-order valence-corrected chi connectivity index (χ3v) is 4.84. The summed E-state index contributed by atoms with van der Waals surface area (Å²) in [6.45, 7) is 6.24. The maximum atomic E-state index is 12.6. The molecule has 0 aliphatic carbocycles. The SMILES string of the molecule is COc1cccc(C[NH+]2[C@@H]3C=CC(=O)[C@H]2[C@H](C(=O)OC(C)(C)C)C3)c1. The Balaban J connectivity index is 1.81. The van der Waals surface area contributed by atoms with Crippen LogP contribution in [0.2, 0.25) is 0 Å². The van der Waals surface area contributed by atoms with E-state index in [1.165, 1.54) is 0 Å². The minimum Gasteiger partial charge on any atom is -0.497 e. The topological polar surface area (TPSA) is 57.0 Å². The van der Waals surface area contributed by atoms with Crippen molar-refractivity contribution in [2.75, 3.05) is 7.11 Å². The number of carbonyl (C=O) groups excluding carboxylic acids is 2. The fraction of sp³-hybridized carbons (Fsp3) is 0.500. The Bertz CT molecular complexity index is 704. The molecule has 1 aromatic rings. The molecule has 1 N–H and O–H groups in total. The maximum absolute atomic E-state index is 12.6. The minimum atomic E-state index is -0.544. The molecular formula is C20H26NO4+. The van der Waals surface area contributed by atoms with Gasteiger partial charge in [-0.1, -0.05) is 12.1 Å². The van der Waals surface area contributed by atoms with Crippen LogP contribution in [0.4, 0.5) is 0 Å². The molecule has 0 amide bonds. The molecule has 134 valence electrons. The molecule has 0 radical (unpaired) electrons. The molecule has 2 bridgehead atoms. The third kappa shape index (κ3) is 3.76. The molecule has 0 spiro atoms. The van der Waals surface area contributed by atoms with E-state index < -0.39 is 5.60 Å². The number of methoxy groups -OCH3 is 1. The van der Waals surface area contributed by atoms with E-state index in [1.54, 1.807) is 13.2 Å². The number of ether oxygens (including phenoxy) is 2. The second kappa shape index (κ2) is 6.64. The zero-order valence-electron chi connectivity index (χ0n) is 15.2. The smallest absolute Gasteiger partial charge is 0.316 e. The van der Waals surface area contributed by atoms with Crippen LogP contribution in [0.5, 0.6) is 5.75 Å². The van der Waals surface area contributed by atoms with Gasteiger partial charge in [0, 0.05) is 12.0 Å². The molecule has 5 heteroatoms. The molecule has 25 heavy (non-hydrogen) atoms. The number of fused-ring (bicyclic) bond motifs is 2. The Morgan fingerprint density at radius 2 is 2.08 bits per heavy atom. The Labute approximate surface area is 148 Å². The highest BCUT2D eigenvalue weighted by atomic mass is 16.6. The molecule has 3 rings (SSSR count). The first-order valence-electron chi connectivity index (χ1n) is 8.72. The molecule has 2 aliphatic heterocycles. The highest BCUT2D eigenvalue weighted by Gasteiger charge is 2.53. The molecule has 4 atom stereocenters. The Kier molecular flexibility index (Phi) is 4.69. The van der Waals surface area contributed by atoms with Crippen molar-refractivity contribution in [3.63, 3.8) is 0 Å². The Morgan fingerprint density at radius 1 is 1.32 bits per heavy atom. The van der Waals surface area contributed by atoms with E-state index in [0.717, 1.165) is 16.2 Å². The summed E-state index contributed by atoms with van der Waals surface area (Å²) in [6, 6.07) is 7.65. The Morgan fingerprint density at radius 3 is 2.76 bits per heavy atom. The lowest BCUT2D eigenvalue weighted by atomic mass is 9.97. The molecule has 1 fully saturated rings. The lowest BCUT2D eigenvalue weighted by molar-refractivity contribution is -0.936. The van der Waals surface area contributed by atoms with Crippen LogP contribution in [0.15, 0.2) is 36.4 Å². The summed E-state index contributed by atoms with van der Waals surface area (Å²) in [4.78, 5) is 26.2. The van der Waals surface area contributed by atoms with Crippen molar-refractivity contribution in [2.24, 2.45) is 5.92 Å². The van der Waals surface area contributed by atoms with Crippen molar-refractivity contribution >= 4 is 11.8 Å². The fourth-order valence-corrected chi connectivity index (χ4v) is 3.82. The molecule has 1 saturated heterocycles. The zero-order chi connectivity index (χ0) is 18.2. The van der Waals surface area contributed by atoms with Crippen molar-refractivity contribution in [1.82, 2.24) is 0 Å². The molecule has 0 saturated carbocycles. The van der Waals surface area contributed by atoms with Crippen LogP contribution in [-0.4, -0.2) is 36.5 Å². The van der Waals surface area contributed by atoms with E-state index in [1.807, 2.05) is 51.1 Å². The predicted octanol–water partition coefficient (Wildman–Crippen LogP) is 1.32. The van der Waals surface area contributed by atoms with Crippen LogP contribution in [0.1, 0.15) is 32.8 Å². The number of benzene rings is 1. The van der Waals surface area contributed by atoms with E-state index in [2.05, 4.69) is 0 Å². The van der Waals surface area contributed by atoms with Crippen molar-refractivity contribution in [2.45, 2.75) is 51.4 Å². The first kappa shape index (κ1) is 17.7. The monoisotopic (exact) mass is 344 g/mol. The number of carbonyl (C=O) groups is 2. The second-order valence-corrected chi connectivity index (χ2v) is 7.82. The number of quaternary nitrogens is 1. The Hall–Kier alpha value is -2.14. The standard InChI is InChI=1S/C20H25NO4/c1-20(2,3)25-19(23)16-11-14-8-9-17(22)18(16)21(14)12-13-6-5-7-15(10-13)24-4/h5-10,14,16,18H,11-12H2,1-4H3/p+1/t14-,16-,18-/m1/s1. The third-order valence-electron chi connectivity index (χ3n) is 4.84. The van der Waals surface area contributed by atoms with Crippen molar-refractivity contribution in [3.05, 3.63) is 42.0 Å². The summed E-state index contributed by atoms with van der Waals surface area (Å²) in [5.41, 5.74) is 0.550. The molecule has 2 aliphatic rings. The van der Waals surface area contributed by atoms with Gasteiger partial charge in [0.05, 0.1) is 7.11 Å². The van der Waals surface area contributed by atoms with Crippen LogP contribution < -0.4 is 9.64 Å². The molecule has 0 aromatic heterocycles. The summed E-state index contributed by atoms with van der Waals surface area (Å²) in [5, 5.41) is 0. The fourth-order valence-electron chi connectivity index (χ4n) is 3.82. The maximum Gasteiger partial charge on any atom is 0.316 e. The van der Waals surface area contributed by atoms with Gasteiger partial charge in [0.15, 0.2) is 6.04 Å². The van der Waals surface area contributed by atoms with E-state index in [4.69, 9.17) is 9.47 Å². The number of rotatable bonds is 4. The van der Waals surface area contributed by atoms with Gasteiger partial charge in [-0.15, -0.1) is 0 Å². The zero-order valence-corrected chi connectivity index (χ0v) is 15.2. The minimum absolute atomic E-state index is 0.0162. The molecule has 2 heterocycles. The van der Waals surface area contributed by atoms with Crippen molar-refractivity contribution in [3.8, 4) is 5.75 Å². The van der Waals surface area contributed by atoms with Crippen LogP contribution in [0.25, 0.3) is 0 Å². The van der Waals surface area contributed by atoms with Gasteiger partial charge in [0.1, 0.15) is 29.9 Å². The van der Waals surface area contributed by atoms with Gasteiger partial charge in [-0.25, -0.2) is 0 Å². The number of hydrogen-bond acceptors (Lipinski definition) is 4. The number of nitrogens with one attached hydrogen (secondary N) is 1. The first-order valence-corrected chi connectivity index (χ1v) is 8.72. The quantitative estimate of drug-likeness (QED) is 0.837. The largest absolute Gasteiger partial charge is 0.497 e. The molecule has 5 nitrogen and oxygen atoms in total. The highest BCUT2D eigenvalue weighted by Crippen LogP contribution is 2.26. The van der Waals surface area contributed by atoms with Gasteiger partial charge in [0.25, 0.3) is 0 Å². The average molecular weight is 344 g/mol. The summed E-state index contributed by atoms with van der Waals surface area (Å²) in [6.07, 6.45) is 4.23. The summed E-state index contributed by atoms with van der Waals surface area (Å²) in [7, 11) is 1.64. The van der Waals surface area contributed by atoms with E-state index in [9.17, 15) is 9.59 Å². The van der Waals surface area contributed by atoms with Gasteiger partial charge in [-0.3, -0.25) is 9.59 Å². The van der Waals surface area contributed by atoms with E-state index in [-0.39, 0.29) is 29.8 Å². The van der Waals surface area contributed by atoms with E-state index in [0.29, 0.717) is 13.0 Å². The van der Waals surface area contributed by atoms with Crippen LogP contribution in [-0.2, 0) is 20.9 Å². The van der Waals surface area contributed by atoms with Crippen LogP contribution in [0.3, 0.4) is 0 Å². The summed E-state index contributed by atoms with van der Waals surface area (Å²) in [5.74, 6) is 0.168. The number of esters is 1. The van der Waals surface area contributed by atoms with Crippen molar-refractivity contribution < 1.29 is 24.0 Å². The molecule has 1 aromatic carbocycles.